The second-order valence-corrected chi connectivity index (χ2v) is 4.78. The van der Waals surface area contributed by atoms with Gasteiger partial charge in [0.25, 0.3) is 0 Å². The van der Waals surface area contributed by atoms with Gasteiger partial charge in [-0.05, 0) is 19.3 Å². The highest BCUT2D eigenvalue weighted by Crippen LogP contribution is 2.11. The first-order valence-corrected chi connectivity index (χ1v) is 6.07. The summed E-state index contributed by atoms with van der Waals surface area (Å²) in [6.45, 7) is 5.18. The van der Waals surface area contributed by atoms with Crippen LogP contribution in [0.3, 0.4) is 0 Å². The first-order chi connectivity index (χ1) is 7.66. The molecule has 0 unspecified atom stereocenters. The number of nitrogens with zero attached hydrogens (tertiary/aromatic N) is 1. The largest absolute Gasteiger partial charge is 1.00 e. The number of carbonyl (C=O) groups excluding carboxylic acids is 1. The third-order valence-corrected chi connectivity index (χ3v) is 3.31. The van der Waals surface area contributed by atoms with Crippen molar-refractivity contribution >= 4 is 5.91 Å². The van der Waals surface area contributed by atoms with Crippen LogP contribution in [0.25, 0.3) is 0 Å². The zero-order valence-corrected chi connectivity index (χ0v) is 12.2. The molecule has 0 bridgehead atoms. The van der Waals surface area contributed by atoms with E-state index in [4.69, 9.17) is 10.6 Å². The molecule has 1 aliphatic rings. The summed E-state index contributed by atoms with van der Waals surface area (Å²) in [6.07, 6.45) is 3.75. The summed E-state index contributed by atoms with van der Waals surface area (Å²) in [5.41, 5.74) is 2.15. The average Bonchev–Trinajstić information content (AvgIpc) is 2.29. The molecule has 5 nitrogen and oxygen atoms in total. The smallest absolute Gasteiger partial charge is 0.233 e. The van der Waals surface area contributed by atoms with Gasteiger partial charge in [0.15, 0.2) is 0 Å². The molecule has 1 amide bonds. The Morgan fingerprint density at radius 2 is 1.94 bits per heavy atom. The minimum atomic E-state index is -0.0632. The van der Waals surface area contributed by atoms with Gasteiger partial charge in [0.2, 0.25) is 5.91 Å². The summed E-state index contributed by atoms with van der Waals surface area (Å²) in [4.78, 5) is 10.9. The molecule has 1 rings (SSSR count). The molecular formula is C11H24BrN3O2. The minimum absolute atomic E-state index is 0. The first-order valence-electron chi connectivity index (χ1n) is 6.07. The van der Waals surface area contributed by atoms with Crippen molar-refractivity contribution in [2.45, 2.75) is 25.7 Å². The van der Waals surface area contributed by atoms with E-state index in [1.54, 1.807) is 0 Å². The number of carbonyl (C=O) groups is 1. The molecule has 0 spiro atoms. The van der Waals surface area contributed by atoms with E-state index in [9.17, 15) is 4.79 Å². The van der Waals surface area contributed by atoms with Gasteiger partial charge in [0, 0.05) is 6.42 Å². The molecule has 0 atom stereocenters. The Labute approximate surface area is 114 Å². The predicted octanol–water partition coefficient (Wildman–Crippen LogP) is -2.98. The maximum atomic E-state index is 10.9. The number of ether oxygens (including phenoxy) is 1. The zero-order valence-electron chi connectivity index (χ0n) is 10.6. The Morgan fingerprint density at radius 3 is 2.53 bits per heavy atom. The minimum Gasteiger partial charge on any atom is -1.00 e. The van der Waals surface area contributed by atoms with E-state index in [1.165, 1.54) is 13.0 Å². The van der Waals surface area contributed by atoms with Gasteiger partial charge in [0.05, 0.1) is 26.8 Å². The second-order valence-electron chi connectivity index (χ2n) is 4.78. The third-order valence-electron chi connectivity index (χ3n) is 3.31. The van der Waals surface area contributed by atoms with Gasteiger partial charge in [0.1, 0.15) is 13.1 Å². The van der Waals surface area contributed by atoms with Crippen molar-refractivity contribution in [3.63, 3.8) is 0 Å². The van der Waals surface area contributed by atoms with E-state index in [0.717, 1.165) is 43.6 Å². The number of likely N-dealkylation sites (N-methyl/N-ethyl adjacent to an activating group) is 1. The number of nitrogens with one attached hydrogen (secondary N) is 1. The Kier molecular flexibility index (Phi) is 8.77. The van der Waals surface area contributed by atoms with Crippen LogP contribution >= 0.6 is 0 Å². The number of unbranched alkanes of at least 4 members (excludes halogenated alkanes) is 2. The van der Waals surface area contributed by atoms with Crippen LogP contribution in [-0.2, 0) is 9.53 Å². The zero-order chi connectivity index (χ0) is 11.9. The molecule has 17 heavy (non-hydrogen) atoms. The lowest BCUT2D eigenvalue weighted by Crippen LogP contribution is -3.00. The highest BCUT2D eigenvalue weighted by atomic mass is 79.9. The van der Waals surface area contributed by atoms with Crippen molar-refractivity contribution in [1.29, 1.82) is 0 Å². The molecule has 0 aromatic heterocycles. The van der Waals surface area contributed by atoms with E-state index in [1.807, 2.05) is 0 Å². The number of hydrogen-bond donors (Lipinski definition) is 2. The molecule has 3 N–H and O–H groups in total. The Balaban J connectivity index is 0.00000256. The van der Waals surface area contributed by atoms with Crippen molar-refractivity contribution in [2.75, 3.05) is 39.9 Å². The molecule has 1 heterocycles. The van der Waals surface area contributed by atoms with Gasteiger partial charge >= 0.3 is 0 Å². The molecule has 102 valence electrons. The number of quaternary nitrogens is 1. The lowest BCUT2D eigenvalue weighted by Gasteiger charge is -2.37. The van der Waals surface area contributed by atoms with Crippen molar-refractivity contribution in [3.05, 3.63) is 0 Å². The molecule has 0 aromatic carbocycles. The van der Waals surface area contributed by atoms with E-state index in [-0.39, 0.29) is 22.9 Å². The normalized spacial score (nSPS) is 18.2. The summed E-state index contributed by atoms with van der Waals surface area (Å²) in [7, 11) is 2.29. The van der Waals surface area contributed by atoms with E-state index >= 15 is 0 Å². The number of nitrogens with two attached hydrogens (primary N) is 1. The predicted molar refractivity (Wildman–Crippen MR) is 62.4 cm³/mol. The topological polar surface area (TPSA) is 64.4 Å². The fraction of sp³-hybridized carbons (Fsp3) is 0.909. The Morgan fingerprint density at radius 1 is 1.29 bits per heavy atom. The summed E-state index contributed by atoms with van der Waals surface area (Å²) in [5.74, 6) is 4.95. The lowest BCUT2D eigenvalue weighted by atomic mass is 10.1. The van der Waals surface area contributed by atoms with Crippen molar-refractivity contribution in [2.24, 2.45) is 5.84 Å². The fourth-order valence-corrected chi connectivity index (χ4v) is 2.04. The maximum absolute atomic E-state index is 10.9. The molecule has 6 heteroatoms. The van der Waals surface area contributed by atoms with Gasteiger partial charge < -0.3 is 26.2 Å². The third kappa shape index (κ3) is 6.98. The highest BCUT2D eigenvalue weighted by Gasteiger charge is 2.24. The van der Waals surface area contributed by atoms with Gasteiger partial charge in [-0.3, -0.25) is 10.2 Å². The first kappa shape index (κ1) is 16.8. The Hall–Kier alpha value is -0.170. The van der Waals surface area contributed by atoms with Crippen LogP contribution in [0.1, 0.15) is 25.7 Å². The van der Waals surface area contributed by atoms with Crippen LogP contribution in [0.15, 0.2) is 0 Å². The molecular weight excluding hydrogens is 286 g/mol. The van der Waals surface area contributed by atoms with Gasteiger partial charge in [-0.15, -0.1) is 0 Å². The number of rotatable bonds is 6. The lowest BCUT2D eigenvalue weighted by molar-refractivity contribution is -0.917. The quantitative estimate of drug-likeness (QED) is 0.181. The average molecular weight is 310 g/mol. The molecule has 0 aliphatic carbocycles. The fourth-order valence-electron chi connectivity index (χ4n) is 2.04. The van der Waals surface area contributed by atoms with Gasteiger partial charge in [-0.2, -0.15) is 0 Å². The van der Waals surface area contributed by atoms with Crippen LogP contribution in [-0.4, -0.2) is 50.3 Å². The summed E-state index contributed by atoms with van der Waals surface area (Å²) in [5, 5.41) is 0. The van der Waals surface area contributed by atoms with Crippen molar-refractivity contribution in [1.82, 2.24) is 5.43 Å². The molecule has 1 saturated heterocycles. The number of hydrazine groups is 1. The van der Waals surface area contributed by atoms with Gasteiger partial charge in [-0.1, -0.05) is 0 Å². The number of morpholine rings is 1. The molecule has 1 aliphatic heterocycles. The summed E-state index contributed by atoms with van der Waals surface area (Å²) in [6, 6.07) is 0. The Bertz CT molecular complexity index is 221. The monoisotopic (exact) mass is 309 g/mol. The molecule has 1 fully saturated rings. The standard InChI is InChI=1S/C11H23N3O2.BrH/c1-14(7-9-16-10-8-14)6-4-2-3-5-11(15)13-12;/h2-10,12H2,1H3;1H. The van der Waals surface area contributed by atoms with Crippen molar-refractivity contribution < 1.29 is 31.0 Å². The SMILES string of the molecule is C[N+]1(CCCCCC(=O)NN)CCOCC1.[Br-]. The van der Waals surface area contributed by atoms with Gasteiger partial charge in [-0.25, -0.2) is 5.84 Å². The number of halogens is 1. The van der Waals surface area contributed by atoms with Crippen LogP contribution in [0.4, 0.5) is 0 Å². The summed E-state index contributed by atoms with van der Waals surface area (Å²) >= 11 is 0. The molecule has 0 saturated carbocycles. The van der Waals surface area contributed by atoms with Crippen LogP contribution in [0.2, 0.25) is 0 Å². The van der Waals surface area contributed by atoms with E-state index < -0.39 is 0 Å². The van der Waals surface area contributed by atoms with Crippen LogP contribution in [0, 0.1) is 0 Å². The number of amides is 1. The second kappa shape index (κ2) is 8.85. The van der Waals surface area contributed by atoms with Crippen LogP contribution in [0.5, 0.6) is 0 Å². The van der Waals surface area contributed by atoms with E-state index in [0.29, 0.717) is 6.42 Å². The molecule has 0 radical (unpaired) electrons. The van der Waals surface area contributed by atoms with Crippen molar-refractivity contribution in [3.8, 4) is 0 Å². The maximum Gasteiger partial charge on any atom is 0.233 e. The highest BCUT2D eigenvalue weighted by molar-refractivity contribution is 5.74. The van der Waals surface area contributed by atoms with E-state index in [2.05, 4.69) is 12.5 Å². The van der Waals surface area contributed by atoms with Crippen LogP contribution < -0.4 is 28.2 Å². The number of hydrogen-bond acceptors (Lipinski definition) is 3. The summed E-state index contributed by atoms with van der Waals surface area (Å²) < 4.78 is 6.47. The molecule has 0 aromatic rings.